The van der Waals surface area contributed by atoms with Gasteiger partial charge in [0.25, 0.3) is 5.91 Å². The Bertz CT molecular complexity index is 1040. The maximum atomic E-state index is 12.4. The van der Waals surface area contributed by atoms with Gasteiger partial charge in [-0.25, -0.2) is 4.98 Å². The van der Waals surface area contributed by atoms with Crippen molar-refractivity contribution in [2.45, 2.75) is 32.8 Å². The molecule has 0 spiro atoms. The molecule has 1 aliphatic rings. The van der Waals surface area contributed by atoms with Gasteiger partial charge in [0.2, 0.25) is 5.91 Å². The van der Waals surface area contributed by atoms with Gasteiger partial charge in [-0.3, -0.25) is 9.59 Å². The van der Waals surface area contributed by atoms with Gasteiger partial charge in [0, 0.05) is 0 Å². The SMILES string of the molecule is CCc1ccc2nc(NC(=O)CC3Oc4ccc(C)cc4NC3=O)sc2c1. The quantitative estimate of drug-likeness (QED) is 0.718. The number of fused-ring (bicyclic) bond motifs is 2. The summed E-state index contributed by atoms with van der Waals surface area (Å²) in [6.07, 6.45) is 0.0150. The van der Waals surface area contributed by atoms with Gasteiger partial charge >= 0.3 is 0 Å². The predicted molar refractivity (Wildman–Crippen MR) is 106 cm³/mol. The van der Waals surface area contributed by atoms with E-state index in [1.54, 1.807) is 6.07 Å². The number of thiazole rings is 1. The summed E-state index contributed by atoms with van der Waals surface area (Å²) in [5.74, 6) is -0.0503. The molecule has 0 saturated carbocycles. The highest BCUT2D eigenvalue weighted by molar-refractivity contribution is 7.22. The first-order valence-electron chi connectivity index (χ1n) is 8.79. The van der Waals surface area contributed by atoms with Crippen LogP contribution >= 0.6 is 11.3 Å². The Hall–Kier alpha value is -2.93. The van der Waals surface area contributed by atoms with E-state index in [-0.39, 0.29) is 18.2 Å². The molecule has 3 aromatic rings. The fourth-order valence-corrected chi connectivity index (χ4v) is 3.93. The van der Waals surface area contributed by atoms with E-state index in [9.17, 15) is 9.59 Å². The first-order valence-corrected chi connectivity index (χ1v) is 9.61. The first-order chi connectivity index (χ1) is 13.0. The number of rotatable bonds is 4. The molecule has 6 nitrogen and oxygen atoms in total. The van der Waals surface area contributed by atoms with Crippen molar-refractivity contribution in [3.8, 4) is 5.75 Å². The number of amides is 2. The van der Waals surface area contributed by atoms with Crippen molar-refractivity contribution in [2.75, 3.05) is 10.6 Å². The van der Waals surface area contributed by atoms with Gasteiger partial charge in [-0.05, 0) is 48.7 Å². The normalized spacial score (nSPS) is 15.8. The molecule has 7 heteroatoms. The van der Waals surface area contributed by atoms with Crippen LogP contribution in [0.4, 0.5) is 10.8 Å². The molecule has 1 atom stereocenters. The highest BCUT2D eigenvalue weighted by atomic mass is 32.1. The van der Waals surface area contributed by atoms with Crippen LogP contribution in [-0.4, -0.2) is 22.9 Å². The molecule has 2 amide bonds. The van der Waals surface area contributed by atoms with Crippen LogP contribution in [0.3, 0.4) is 0 Å². The number of anilines is 2. The number of ether oxygens (including phenoxy) is 1. The lowest BCUT2D eigenvalue weighted by molar-refractivity contribution is -0.128. The van der Waals surface area contributed by atoms with Gasteiger partial charge in [-0.1, -0.05) is 30.4 Å². The average molecular weight is 381 g/mol. The van der Waals surface area contributed by atoms with Crippen molar-refractivity contribution >= 4 is 44.2 Å². The van der Waals surface area contributed by atoms with E-state index < -0.39 is 6.10 Å². The zero-order valence-corrected chi connectivity index (χ0v) is 15.9. The number of hydrogen-bond acceptors (Lipinski definition) is 5. The number of nitrogens with one attached hydrogen (secondary N) is 2. The van der Waals surface area contributed by atoms with Crippen LogP contribution in [0.25, 0.3) is 10.2 Å². The standard InChI is InChI=1S/C20H19N3O3S/c1-3-12-5-6-13-17(9-12)27-20(22-13)23-18(24)10-16-19(25)21-14-8-11(2)4-7-15(14)26-16/h4-9,16H,3,10H2,1-2H3,(H,21,25)(H,22,23,24). The Balaban J connectivity index is 1.45. The lowest BCUT2D eigenvalue weighted by atomic mass is 10.1. The molecule has 0 radical (unpaired) electrons. The molecule has 138 valence electrons. The lowest BCUT2D eigenvalue weighted by Gasteiger charge is -2.25. The molecule has 0 bridgehead atoms. The summed E-state index contributed by atoms with van der Waals surface area (Å²) in [4.78, 5) is 29.1. The number of benzene rings is 2. The molecule has 1 aliphatic heterocycles. The minimum absolute atomic E-state index is 0.0741. The van der Waals surface area contributed by atoms with E-state index in [0.717, 1.165) is 22.2 Å². The highest BCUT2D eigenvalue weighted by Gasteiger charge is 2.30. The first kappa shape index (κ1) is 17.5. The van der Waals surface area contributed by atoms with E-state index in [4.69, 9.17) is 4.74 Å². The number of aromatic nitrogens is 1. The van der Waals surface area contributed by atoms with Gasteiger partial charge in [0.1, 0.15) is 5.75 Å². The van der Waals surface area contributed by atoms with Crippen LogP contribution in [0.5, 0.6) is 5.75 Å². The number of hydrogen-bond donors (Lipinski definition) is 2. The summed E-state index contributed by atoms with van der Waals surface area (Å²) in [6, 6.07) is 11.6. The number of nitrogens with zero attached hydrogens (tertiary/aromatic N) is 1. The van der Waals surface area contributed by atoms with E-state index in [2.05, 4.69) is 28.6 Å². The minimum atomic E-state index is -0.860. The minimum Gasteiger partial charge on any atom is -0.478 e. The van der Waals surface area contributed by atoms with Crippen molar-refractivity contribution in [1.82, 2.24) is 4.98 Å². The zero-order valence-electron chi connectivity index (χ0n) is 15.0. The largest absolute Gasteiger partial charge is 0.478 e. The summed E-state index contributed by atoms with van der Waals surface area (Å²) in [6.45, 7) is 4.03. The monoisotopic (exact) mass is 381 g/mol. The number of carbonyl (C=O) groups is 2. The zero-order chi connectivity index (χ0) is 19.0. The Kier molecular flexibility index (Phi) is 4.53. The van der Waals surface area contributed by atoms with Crippen molar-refractivity contribution in [2.24, 2.45) is 0 Å². The second kappa shape index (κ2) is 7.00. The Morgan fingerprint density at radius 2 is 2.15 bits per heavy atom. The van der Waals surface area contributed by atoms with Crippen LogP contribution < -0.4 is 15.4 Å². The Morgan fingerprint density at radius 1 is 1.30 bits per heavy atom. The number of aryl methyl sites for hydroxylation is 2. The smallest absolute Gasteiger partial charge is 0.266 e. The molecule has 0 saturated heterocycles. The summed E-state index contributed by atoms with van der Waals surface area (Å²) in [5.41, 5.74) is 3.74. The van der Waals surface area contributed by atoms with E-state index in [0.29, 0.717) is 16.6 Å². The molecule has 1 aromatic heterocycles. The second-order valence-corrected chi connectivity index (χ2v) is 7.55. The van der Waals surface area contributed by atoms with Gasteiger partial charge in [0.15, 0.2) is 11.2 Å². The predicted octanol–water partition coefficient (Wildman–Crippen LogP) is 3.90. The maximum Gasteiger partial charge on any atom is 0.266 e. The molecule has 0 fully saturated rings. The van der Waals surface area contributed by atoms with E-state index in [1.165, 1.54) is 16.9 Å². The third kappa shape index (κ3) is 3.64. The summed E-state index contributed by atoms with van der Waals surface area (Å²) >= 11 is 1.42. The molecule has 4 rings (SSSR count). The van der Waals surface area contributed by atoms with Gasteiger partial charge in [-0.15, -0.1) is 0 Å². The molecule has 27 heavy (non-hydrogen) atoms. The van der Waals surface area contributed by atoms with E-state index >= 15 is 0 Å². The molecule has 2 N–H and O–H groups in total. The van der Waals surface area contributed by atoms with Gasteiger partial charge in [0.05, 0.1) is 22.3 Å². The Labute approximate surface area is 160 Å². The van der Waals surface area contributed by atoms with Crippen molar-refractivity contribution < 1.29 is 14.3 Å². The topological polar surface area (TPSA) is 80.3 Å². The van der Waals surface area contributed by atoms with Crippen molar-refractivity contribution in [3.05, 3.63) is 47.5 Å². The highest BCUT2D eigenvalue weighted by Crippen LogP contribution is 2.31. The molecule has 2 heterocycles. The van der Waals surface area contributed by atoms with Crippen LogP contribution in [0.15, 0.2) is 36.4 Å². The third-order valence-electron chi connectivity index (χ3n) is 4.43. The average Bonchev–Trinajstić information content (AvgIpc) is 3.03. The summed E-state index contributed by atoms with van der Waals surface area (Å²) in [7, 11) is 0. The number of carbonyl (C=O) groups excluding carboxylic acids is 2. The third-order valence-corrected chi connectivity index (χ3v) is 5.37. The fourth-order valence-electron chi connectivity index (χ4n) is 2.98. The molecular weight excluding hydrogens is 362 g/mol. The van der Waals surface area contributed by atoms with Crippen LogP contribution in [0.1, 0.15) is 24.5 Å². The summed E-state index contributed by atoms with van der Waals surface area (Å²) < 4.78 is 6.74. The molecule has 1 unspecified atom stereocenters. The molecule has 0 aliphatic carbocycles. The van der Waals surface area contributed by atoms with Crippen LogP contribution in [0.2, 0.25) is 0 Å². The lowest BCUT2D eigenvalue weighted by Crippen LogP contribution is -2.39. The summed E-state index contributed by atoms with van der Waals surface area (Å²) in [5, 5.41) is 6.10. The van der Waals surface area contributed by atoms with Crippen molar-refractivity contribution in [3.63, 3.8) is 0 Å². The van der Waals surface area contributed by atoms with Crippen molar-refractivity contribution in [1.29, 1.82) is 0 Å². The molecular formula is C20H19N3O3S. The van der Waals surface area contributed by atoms with Crippen LogP contribution in [0, 0.1) is 6.92 Å². The Morgan fingerprint density at radius 3 is 2.96 bits per heavy atom. The molecule has 2 aromatic carbocycles. The maximum absolute atomic E-state index is 12.4. The van der Waals surface area contributed by atoms with Gasteiger partial charge < -0.3 is 15.4 Å². The fraction of sp³-hybridized carbons (Fsp3) is 0.250. The second-order valence-electron chi connectivity index (χ2n) is 6.52. The van der Waals surface area contributed by atoms with Crippen LogP contribution in [-0.2, 0) is 16.0 Å². The van der Waals surface area contributed by atoms with Gasteiger partial charge in [-0.2, -0.15) is 0 Å². The van der Waals surface area contributed by atoms with E-state index in [1.807, 2.05) is 31.2 Å².